The van der Waals surface area contributed by atoms with Crippen LogP contribution in [-0.4, -0.2) is 40.6 Å². The molecule has 1 atom stereocenters. The predicted molar refractivity (Wildman–Crippen MR) is 89.6 cm³/mol. The number of hydrogen-bond acceptors (Lipinski definition) is 5. The van der Waals surface area contributed by atoms with E-state index in [0.717, 1.165) is 30.7 Å². The molecular weight excluding hydrogens is 306 g/mol. The Kier molecular flexibility index (Phi) is 5.13. The zero-order valence-corrected chi connectivity index (χ0v) is 14.2. The van der Waals surface area contributed by atoms with Crippen molar-refractivity contribution in [1.29, 1.82) is 0 Å². The van der Waals surface area contributed by atoms with E-state index in [9.17, 15) is 4.79 Å². The molecule has 6 nitrogen and oxygen atoms in total. The molecule has 2 heterocycles. The molecule has 1 aromatic carbocycles. The van der Waals surface area contributed by atoms with Crippen LogP contribution >= 0.6 is 0 Å². The highest BCUT2D eigenvalue weighted by Gasteiger charge is 2.23. The van der Waals surface area contributed by atoms with Crippen molar-refractivity contribution in [3.8, 4) is 17.1 Å². The highest BCUT2D eigenvalue weighted by atomic mass is 16.5. The molecule has 1 saturated heterocycles. The number of rotatable bonds is 5. The van der Waals surface area contributed by atoms with E-state index in [1.165, 1.54) is 6.42 Å². The maximum atomic E-state index is 12.4. The van der Waals surface area contributed by atoms with Crippen molar-refractivity contribution in [2.24, 2.45) is 0 Å². The summed E-state index contributed by atoms with van der Waals surface area (Å²) in [6, 6.07) is 7.81. The number of hydrogen-bond donors (Lipinski definition) is 0. The molecule has 0 unspecified atom stereocenters. The van der Waals surface area contributed by atoms with Gasteiger partial charge in [-0.2, -0.15) is 4.98 Å². The summed E-state index contributed by atoms with van der Waals surface area (Å²) >= 11 is 0. The van der Waals surface area contributed by atoms with Crippen molar-refractivity contribution in [2.75, 3.05) is 13.7 Å². The summed E-state index contributed by atoms with van der Waals surface area (Å²) in [7, 11) is 1.63. The maximum Gasteiger partial charge on any atom is 0.227 e. The van der Waals surface area contributed by atoms with E-state index in [0.29, 0.717) is 30.6 Å². The second-order valence-corrected chi connectivity index (χ2v) is 6.17. The van der Waals surface area contributed by atoms with Crippen molar-refractivity contribution in [1.82, 2.24) is 15.0 Å². The Morgan fingerprint density at radius 3 is 2.83 bits per heavy atom. The molecule has 2 aromatic rings. The minimum Gasteiger partial charge on any atom is -0.497 e. The molecule has 1 aliphatic rings. The van der Waals surface area contributed by atoms with E-state index in [-0.39, 0.29) is 5.91 Å². The third-order valence-electron chi connectivity index (χ3n) is 4.49. The van der Waals surface area contributed by atoms with E-state index in [4.69, 9.17) is 9.26 Å². The number of aryl methyl sites for hydroxylation is 1. The van der Waals surface area contributed by atoms with Crippen LogP contribution in [0.5, 0.6) is 5.75 Å². The van der Waals surface area contributed by atoms with Gasteiger partial charge >= 0.3 is 0 Å². The smallest absolute Gasteiger partial charge is 0.227 e. The number of amides is 1. The fourth-order valence-electron chi connectivity index (χ4n) is 3.04. The zero-order chi connectivity index (χ0) is 16.9. The van der Waals surface area contributed by atoms with Crippen LogP contribution in [0.4, 0.5) is 0 Å². The van der Waals surface area contributed by atoms with Gasteiger partial charge in [-0.1, -0.05) is 5.16 Å². The summed E-state index contributed by atoms with van der Waals surface area (Å²) < 4.78 is 10.4. The fraction of sp³-hybridized carbons (Fsp3) is 0.500. The quantitative estimate of drug-likeness (QED) is 0.843. The molecule has 0 radical (unpaired) electrons. The molecule has 1 amide bonds. The van der Waals surface area contributed by atoms with Crippen molar-refractivity contribution in [2.45, 2.75) is 45.1 Å². The van der Waals surface area contributed by atoms with Crippen LogP contribution < -0.4 is 4.74 Å². The number of nitrogens with zero attached hydrogens (tertiary/aromatic N) is 3. The summed E-state index contributed by atoms with van der Waals surface area (Å²) in [5, 5.41) is 4.00. The van der Waals surface area contributed by atoms with Gasteiger partial charge in [0.15, 0.2) is 0 Å². The Hall–Kier alpha value is -2.37. The normalized spacial score (nSPS) is 17.8. The van der Waals surface area contributed by atoms with E-state index < -0.39 is 0 Å². The van der Waals surface area contributed by atoms with Crippen LogP contribution in [0.25, 0.3) is 11.4 Å². The molecule has 128 valence electrons. The van der Waals surface area contributed by atoms with Crippen molar-refractivity contribution < 1.29 is 14.1 Å². The lowest BCUT2D eigenvalue weighted by molar-refractivity contribution is -0.134. The van der Waals surface area contributed by atoms with Crippen LogP contribution in [0.2, 0.25) is 0 Å². The second kappa shape index (κ2) is 7.47. The number of likely N-dealkylation sites (tertiary alicyclic amines) is 1. The molecule has 0 N–H and O–H groups in total. The average Bonchev–Trinajstić information content (AvgIpc) is 3.09. The van der Waals surface area contributed by atoms with E-state index >= 15 is 0 Å². The first kappa shape index (κ1) is 16.5. The third kappa shape index (κ3) is 3.75. The molecule has 6 heteroatoms. The highest BCUT2D eigenvalue weighted by Crippen LogP contribution is 2.21. The second-order valence-electron chi connectivity index (χ2n) is 6.17. The molecule has 0 bridgehead atoms. The van der Waals surface area contributed by atoms with Gasteiger partial charge in [-0.05, 0) is 50.5 Å². The number of carbonyl (C=O) groups excluding carboxylic acids is 1. The van der Waals surface area contributed by atoms with E-state index in [2.05, 4.69) is 17.1 Å². The lowest BCUT2D eigenvalue weighted by Gasteiger charge is -2.33. The molecule has 0 aliphatic carbocycles. The third-order valence-corrected chi connectivity index (χ3v) is 4.49. The van der Waals surface area contributed by atoms with Gasteiger partial charge < -0.3 is 14.2 Å². The SMILES string of the molecule is COc1ccc(-c2noc(CCC(=O)N3CCCC[C@H]3C)n2)cc1. The van der Waals surface area contributed by atoms with Crippen LogP contribution in [0.1, 0.15) is 38.5 Å². The van der Waals surface area contributed by atoms with Crippen LogP contribution in [0, 0.1) is 0 Å². The molecule has 24 heavy (non-hydrogen) atoms. The number of methoxy groups -OCH3 is 1. The standard InChI is InChI=1S/C18H23N3O3/c1-13-5-3-4-12-21(13)17(22)11-10-16-19-18(20-24-16)14-6-8-15(23-2)9-7-14/h6-9,13H,3-5,10-12H2,1-2H3/t13-/m1/s1. The average molecular weight is 329 g/mol. The Labute approximate surface area is 141 Å². The molecule has 1 aliphatic heterocycles. The van der Waals surface area contributed by atoms with Crippen LogP contribution in [0.3, 0.4) is 0 Å². The number of carbonyl (C=O) groups is 1. The van der Waals surface area contributed by atoms with Crippen LogP contribution in [-0.2, 0) is 11.2 Å². The van der Waals surface area contributed by atoms with Gasteiger partial charge in [0.2, 0.25) is 17.6 Å². The summed E-state index contributed by atoms with van der Waals surface area (Å²) in [5.74, 6) is 1.99. The van der Waals surface area contributed by atoms with Gasteiger partial charge in [-0.15, -0.1) is 0 Å². The topological polar surface area (TPSA) is 68.5 Å². The largest absolute Gasteiger partial charge is 0.497 e. The zero-order valence-electron chi connectivity index (χ0n) is 14.2. The molecular formula is C18H23N3O3. The van der Waals surface area contributed by atoms with Gasteiger partial charge in [-0.25, -0.2) is 0 Å². The van der Waals surface area contributed by atoms with Gasteiger partial charge in [0, 0.05) is 31.0 Å². The first-order valence-corrected chi connectivity index (χ1v) is 8.44. The minimum atomic E-state index is 0.173. The molecule has 0 spiro atoms. The van der Waals surface area contributed by atoms with Gasteiger partial charge in [0.1, 0.15) is 5.75 Å². The summed E-state index contributed by atoms with van der Waals surface area (Å²) in [6.45, 7) is 2.98. The summed E-state index contributed by atoms with van der Waals surface area (Å²) in [6.07, 6.45) is 4.28. The minimum absolute atomic E-state index is 0.173. The molecule has 1 fully saturated rings. The monoisotopic (exact) mass is 329 g/mol. The summed E-state index contributed by atoms with van der Waals surface area (Å²) in [4.78, 5) is 18.7. The van der Waals surface area contributed by atoms with E-state index in [1.807, 2.05) is 29.2 Å². The van der Waals surface area contributed by atoms with Crippen molar-refractivity contribution in [3.05, 3.63) is 30.2 Å². The maximum absolute atomic E-state index is 12.4. The Morgan fingerprint density at radius 1 is 1.33 bits per heavy atom. The number of benzene rings is 1. The van der Waals surface area contributed by atoms with E-state index in [1.54, 1.807) is 7.11 Å². The first-order chi connectivity index (χ1) is 11.7. The Bertz CT molecular complexity index is 681. The fourth-order valence-corrected chi connectivity index (χ4v) is 3.04. The Morgan fingerprint density at radius 2 is 2.12 bits per heavy atom. The van der Waals surface area contributed by atoms with Crippen molar-refractivity contribution >= 4 is 5.91 Å². The summed E-state index contributed by atoms with van der Waals surface area (Å²) in [5.41, 5.74) is 0.863. The first-order valence-electron chi connectivity index (χ1n) is 8.44. The molecule has 3 rings (SSSR count). The predicted octanol–water partition coefficient (Wildman–Crippen LogP) is 3.08. The Balaban J connectivity index is 1.58. The van der Waals surface area contributed by atoms with Gasteiger partial charge in [0.25, 0.3) is 0 Å². The van der Waals surface area contributed by atoms with Crippen LogP contribution in [0.15, 0.2) is 28.8 Å². The van der Waals surface area contributed by atoms with Gasteiger partial charge in [-0.3, -0.25) is 4.79 Å². The number of aromatic nitrogens is 2. The van der Waals surface area contributed by atoms with Gasteiger partial charge in [0.05, 0.1) is 7.11 Å². The lowest BCUT2D eigenvalue weighted by atomic mass is 10.0. The highest BCUT2D eigenvalue weighted by molar-refractivity contribution is 5.76. The molecule has 0 saturated carbocycles. The lowest BCUT2D eigenvalue weighted by Crippen LogP contribution is -2.42. The number of ether oxygens (including phenoxy) is 1. The van der Waals surface area contributed by atoms with Crippen molar-refractivity contribution in [3.63, 3.8) is 0 Å². The molecule has 1 aromatic heterocycles. The number of piperidine rings is 1.